The molecular weight excluding hydrogens is 476 g/mol. The maximum atomic E-state index is 13.2. The predicted octanol–water partition coefficient (Wildman–Crippen LogP) is 1.76. The van der Waals surface area contributed by atoms with Gasteiger partial charge in [-0.05, 0) is 36.4 Å². The molecule has 3 heterocycles. The molecule has 2 aliphatic rings. The summed E-state index contributed by atoms with van der Waals surface area (Å²) in [6.07, 6.45) is -0.469. The van der Waals surface area contributed by atoms with Crippen LogP contribution in [0.5, 0.6) is 0 Å². The molecule has 2 fully saturated rings. The molecular formula is C23H22N4O7S. The van der Waals surface area contributed by atoms with Gasteiger partial charge in [0.15, 0.2) is 0 Å². The molecule has 0 bridgehead atoms. The molecule has 11 nitrogen and oxygen atoms in total. The Balaban J connectivity index is 1.49. The number of hydrogen-bond donors (Lipinski definition) is 2. The van der Waals surface area contributed by atoms with Crippen molar-refractivity contribution in [3.8, 4) is 0 Å². The van der Waals surface area contributed by atoms with E-state index < -0.39 is 27.6 Å². The third-order valence-electron chi connectivity index (χ3n) is 5.84. The largest absolute Gasteiger partial charge is 0.447 e. The second-order valence-electron chi connectivity index (χ2n) is 8.04. The van der Waals surface area contributed by atoms with E-state index >= 15 is 0 Å². The Hall–Kier alpha value is -3.74. The first kappa shape index (κ1) is 23.0. The number of hydrogen-bond acceptors (Lipinski definition) is 7. The van der Waals surface area contributed by atoms with Crippen LogP contribution in [-0.4, -0.2) is 69.2 Å². The standard InChI is InChI=1S/C23H22N4O7S/c28-21-14-19(22(29)24-15-2-1-3-16(12-15)27-8-11-34-23(27)30)18-13-17(4-5-20(18)25-21)35(31,32)26-6-9-33-10-7-26/h1-5,12-14H,6-11H2,(H,24,29)(H,25,28). The number of carbonyl (C=O) groups is 2. The Morgan fingerprint density at radius 3 is 2.51 bits per heavy atom. The van der Waals surface area contributed by atoms with Gasteiger partial charge >= 0.3 is 6.09 Å². The van der Waals surface area contributed by atoms with Crippen LogP contribution in [0.4, 0.5) is 16.2 Å². The van der Waals surface area contributed by atoms with Crippen LogP contribution >= 0.6 is 0 Å². The Morgan fingerprint density at radius 2 is 1.77 bits per heavy atom. The Bertz CT molecular complexity index is 1480. The molecule has 0 atom stereocenters. The number of amides is 2. The summed E-state index contributed by atoms with van der Waals surface area (Å²) in [4.78, 5) is 41.4. The van der Waals surface area contributed by atoms with E-state index in [-0.39, 0.29) is 35.5 Å². The van der Waals surface area contributed by atoms with Crippen molar-refractivity contribution in [2.75, 3.05) is 49.7 Å². The summed E-state index contributed by atoms with van der Waals surface area (Å²) in [6.45, 7) is 1.77. The molecule has 2 N–H and O–H groups in total. The third-order valence-corrected chi connectivity index (χ3v) is 7.74. The van der Waals surface area contributed by atoms with Gasteiger partial charge in [-0.3, -0.25) is 14.5 Å². The van der Waals surface area contributed by atoms with Gasteiger partial charge in [0, 0.05) is 41.4 Å². The number of ether oxygens (including phenoxy) is 2. The molecule has 0 aliphatic carbocycles. The fourth-order valence-corrected chi connectivity index (χ4v) is 5.53. The molecule has 2 aromatic carbocycles. The number of benzene rings is 2. The first-order valence-corrected chi connectivity index (χ1v) is 12.4. The fraction of sp³-hybridized carbons (Fsp3) is 0.261. The highest BCUT2D eigenvalue weighted by atomic mass is 32.2. The van der Waals surface area contributed by atoms with Crippen molar-refractivity contribution in [2.45, 2.75) is 4.90 Å². The van der Waals surface area contributed by atoms with E-state index in [0.29, 0.717) is 36.6 Å². The van der Waals surface area contributed by atoms with Crippen LogP contribution < -0.4 is 15.8 Å². The lowest BCUT2D eigenvalue weighted by atomic mass is 10.1. The summed E-state index contributed by atoms with van der Waals surface area (Å²) in [6, 6.07) is 12.1. The van der Waals surface area contributed by atoms with E-state index in [4.69, 9.17) is 9.47 Å². The van der Waals surface area contributed by atoms with Crippen molar-refractivity contribution < 1.29 is 27.5 Å². The highest BCUT2D eigenvalue weighted by Gasteiger charge is 2.27. The van der Waals surface area contributed by atoms with E-state index in [1.807, 2.05) is 0 Å². The summed E-state index contributed by atoms with van der Waals surface area (Å²) in [7, 11) is -3.80. The summed E-state index contributed by atoms with van der Waals surface area (Å²) in [5, 5.41) is 3.02. The molecule has 2 aliphatic heterocycles. The van der Waals surface area contributed by atoms with Crippen molar-refractivity contribution in [1.29, 1.82) is 0 Å². The molecule has 0 saturated carbocycles. The van der Waals surface area contributed by atoms with Crippen LogP contribution in [0.25, 0.3) is 10.9 Å². The van der Waals surface area contributed by atoms with E-state index in [1.165, 1.54) is 27.4 Å². The van der Waals surface area contributed by atoms with Crippen molar-refractivity contribution in [3.63, 3.8) is 0 Å². The highest BCUT2D eigenvalue weighted by molar-refractivity contribution is 7.89. The number of carbonyl (C=O) groups excluding carboxylic acids is 2. The molecule has 12 heteroatoms. The molecule has 0 radical (unpaired) electrons. The molecule has 2 amide bonds. The first-order chi connectivity index (χ1) is 16.8. The highest BCUT2D eigenvalue weighted by Crippen LogP contribution is 2.26. The van der Waals surface area contributed by atoms with Gasteiger partial charge in [0.05, 0.1) is 30.2 Å². The number of cyclic esters (lactones) is 1. The number of pyridine rings is 1. The Kier molecular flexibility index (Phi) is 6.01. The zero-order valence-electron chi connectivity index (χ0n) is 18.5. The number of nitrogens with zero attached hydrogens (tertiary/aromatic N) is 2. The number of nitrogens with one attached hydrogen (secondary N) is 2. The lowest BCUT2D eigenvalue weighted by Crippen LogP contribution is -2.40. The van der Waals surface area contributed by atoms with Gasteiger partial charge in [-0.1, -0.05) is 6.07 Å². The molecule has 0 unspecified atom stereocenters. The van der Waals surface area contributed by atoms with E-state index in [2.05, 4.69) is 10.3 Å². The zero-order chi connectivity index (χ0) is 24.6. The number of H-pyrrole nitrogens is 1. The lowest BCUT2D eigenvalue weighted by molar-refractivity contribution is 0.0730. The van der Waals surface area contributed by atoms with Gasteiger partial charge in [0.2, 0.25) is 15.6 Å². The van der Waals surface area contributed by atoms with Gasteiger partial charge in [-0.25, -0.2) is 13.2 Å². The van der Waals surface area contributed by atoms with Crippen LogP contribution in [0, 0.1) is 0 Å². The average Bonchev–Trinajstić information content (AvgIpc) is 3.29. The van der Waals surface area contributed by atoms with E-state index in [1.54, 1.807) is 24.3 Å². The number of aromatic nitrogens is 1. The van der Waals surface area contributed by atoms with Crippen LogP contribution in [0.15, 0.2) is 58.2 Å². The van der Waals surface area contributed by atoms with Gasteiger partial charge in [0.25, 0.3) is 5.91 Å². The normalized spacial score (nSPS) is 16.9. The van der Waals surface area contributed by atoms with E-state index in [0.717, 1.165) is 6.07 Å². The second kappa shape index (κ2) is 9.13. The van der Waals surface area contributed by atoms with Crippen molar-refractivity contribution in [1.82, 2.24) is 9.29 Å². The molecule has 0 spiro atoms. The third kappa shape index (κ3) is 4.50. The molecule has 182 valence electrons. The number of fused-ring (bicyclic) bond motifs is 1. The van der Waals surface area contributed by atoms with Crippen LogP contribution in [-0.2, 0) is 19.5 Å². The number of aromatic amines is 1. The van der Waals surface area contributed by atoms with Gasteiger partial charge in [-0.2, -0.15) is 4.31 Å². The van der Waals surface area contributed by atoms with Crippen molar-refractivity contribution in [3.05, 3.63) is 64.4 Å². The quantitative estimate of drug-likeness (QED) is 0.547. The SMILES string of the molecule is O=C(Nc1cccc(N2CCOC2=O)c1)c1cc(=O)[nH]c2ccc(S(=O)(=O)N3CCOCC3)cc12. The van der Waals surface area contributed by atoms with Crippen LogP contribution in [0.2, 0.25) is 0 Å². The molecule has 35 heavy (non-hydrogen) atoms. The zero-order valence-corrected chi connectivity index (χ0v) is 19.3. The van der Waals surface area contributed by atoms with E-state index in [9.17, 15) is 22.8 Å². The number of anilines is 2. The minimum absolute atomic E-state index is 0.0162. The lowest BCUT2D eigenvalue weighted by Gasteiger charge is -2.26. The molecule has 2 saturated heterocycles. The Morgan fingerprint density at radius 1 is 0.971 bits per heavy atom. The smallest absolute Gasteiger partial charge is 0.414 e. The topological polar surface area (TPSA) is 138 Å². The summed E-state index contributed by atoms with van der Waals surface area (Å²) < 4.78 is 37.8. The fourth-order valence-electron chi connectivity index (χ4n) is 4.10. The van der Waals surface area contributed by atoms with Crippen LogP contribution in [0.1, 0.15) is 10.4 Å². The van der Waals surface area contributed by atoms with Gasteiger partial charge in [0.1, 0.15) is 6.61 Å². The second-order valence-corrected chi connectivity index (χ2v) is 9.98. The Labute approximate surface area is 200 Å². The van der Waals surface area contributed by atoms with Gasteiger partial charge < -0.3 is 19.8 Å². The number of sulfonamides is 1. The average molecular weight is 499 g/mol. The van der Waals surface area contributed by atoms with Gasteiger partial charge in [-0.15, -0.1) is 0 Å². The maximum absolute atomic E-state index is 13.2. The summed E-state index contributed by atoms with van der Waals surface area (Å²) >= 11 is 0. The molecule has 3 aromatic rings. The number of morpholine rings is 1. The van der Waals surface area contributed by atoms with Crippen molar-refractivity contribution >= 4 is 44.3 Å². The van der Waals surface area contributed by atoms with Crippen molar-refractivity contribution in [2.24, 2.45) is 0 Å². The maximum Gasteiger partial charge on any atom is 0.414 e. The van der Waals surface area contributed by atoms with Crippen LogP contribution in [0.3, 0.4) is 0 Å². The molecule has 1 aromatic heterocycles. The summed E-state index contributed by atoms with van der Waals surface area (Å²) in [5.74, 6) is -0.594. The summed E-state index contributed by atoms with van der Waals surface area (Å²) in [5.41, 5.74) is 0.809. The first-order valence-electron chi connectivity index (χ1n) is 10.9. The minimum atomic E-state index is -3.80. The molecule has 5 rings (SSSR count). The number of rotatable bonds is 5. The predicted molar refractivity (Wildman–Crippen MR) is 127 cm³/mol. The minimum Gasteiger partial charge on any atom is -0.447 e. The monoisotopic (exact) mass is 498 g/mol.